The zero-order valence-corrected chi connectivity index (χ0v) is 18.7. The minimum Gasteiger partial charge on any atom is -0.493 e. The van der Waals surface area contributed by atoms with Crippen LogP contribution < -0.4 is 23.9 Å². The van der Waals surface area contributed by atoms with E-state index in [1.54, 1.807) is 12.1 Å². The predicted octanol–water partition coefficient (Wildman–Crippen LogP) is 5.07. The molecule has 4 aromatic rings. The summed E-state index contributed by atoms with van der Waals surface area (Å²) in [5, 5.41) is 0. The number of hydrogen-bond acceptors (Lipinski definition) is 8. The van der Waals surface area contributed by atoms with Crippen LogP contribution in [0.1, 0.15) is 15.9 Å². The Balaban J connectivity index is 1.76. The molecular formula is C24H20O7S. The molecular weight excluding hydrogens is 432 g/mol. The second-order valence-electron chi connectivity index (χ2n) is 6.92. The molecule has 0 saturated carbocycles. The Labute approximate surface area is 187 Å². The molecule has 0 atom stereocenters. The lowest BCUT2D eigenvalue weighted by atomic mass is 10.0. The SMILES string of the molecule is COc1cc(C(=O)Oc2cc(-c3ccc(C)cc3)c3oc(=O)sc3c2)cc(OC)c1OC. The first kappa shape index (κ1) is 21.5. The maximum atomic E-state index is 12.9. The summed E-state index contributed by atoms with van der Waals surface area (Å²) in [6.45, 7) is 1.99. The minimum atomic E-state index is -0.616. The normalized spacial score (nSPS) is 10.8. The molecule has 0 radical (unpaired) electrons. The van der Waals surface area contributed by atoms with Crippen LogP contribution in [0.15, 0.2) is 57.7 Å². The zero-order valence-electron chi connectivity index (χ0n) is 17.9. The fourth-order valence-corrected chi connectivity index (χ4v) is 4.05. The van der Waals surface area contributed by atoms with E-state index in [1.807, 2.05) is 31.2 Å². The van der Waals surface area contributed by atoms with Crippen LogP contribution in [-0.2, 0) is 0 Å². The molecule has 0 N–H and O–H groups in total. The molecule has 3 aromatic carbocycles. The Kier molecular flexibility index (Phi) is 5.87. The summed E-state index contributed by atoms with van der Waals surface area (Å²) in [7, 11) is 4.42. The second-order valence-corrected chi connectivity index (χ2v) is 7.90. The molecule has 0 amide bonds. The van der Waals surface area contributed by atoms with Gasteiger partial charge < -0.3 is 23.4 Å². The van der Waals surface area contributed by atoms with E-state index in [2.05, 4.69) is 0 Å². The van der Waals surface area contributed by atoms with Crippen LogP contribution in [0.4, 0.5) is 0 Å². The molecule has 1 heterocycles. The van der Waals surface area contributed by atoms with Crippen molar-refractivity contribution >= 4 is 27.6 Å². The minimum absolute atomic E-state index is 0.219. The third-order valence-electron chi connectivity index (χ3n) is 4.88. The Morgan fingerprint density at radius 3 is 2.16 bits per heavy atom. The summed E-state index contributed by atoms with van der Waals surface area (Å²) in [6, 6.07) is 14.1. The predicted molar refractivity (Wildman–Crippen MR) is 122 cm³/mol. The monoisotopic (exact) mass is 452 g/mol. The molecule has 0 aliphatic rings. The maximum Gasteiger partial charge on any atom is 0.396 e. The van der Waals surface area contributed by atoms with E-state index in [0.29, 0.717) is 33.1 Å². The van der Waals surface area contributed by atoms with Gasteiger partial charge in [-0.05, 0) is 30.7 Å². The number of hydrogen-bond donors (Lipinski definition) is 0. The molecule has 164 valence electrons. The summed E-state index contributed by atoms with van der Waals surface area (Å²) < 4.78 is 27.5. The van der Waals surface area contributed by atoms with E-state index in [9.17, 15) is 9.59 Å². The molecule has 32 heavy (non-hydrogen) atoms. The number of methoxy groups -OCH3 is 3. The number of rotatable bonds is 6. The van der Waals surface area contributed by atoms with Crippen LogP contribution in [0, 0.1) is 6.92 Å². The van der Waals surface area contributed by atoms with Crippen molar-refractivity contribution in [3.8, 4) is 34.1 Å². The van der Waals surface area contributed by atoms with Gasteiger partial charge in [-0.2, -0.15) is 0 Å². The average Bonchev–Trinajstić information content (AvgIpc) is 3.17. The molecule has 0 aliphatic carbocycles. The van der Waals surface area contributed by atoms with Crippen molar-refractivity contribution in [2.24, 2.45) is 0 Å². The molecule has 0 aliphatic heterocycles. The summed E-state index contributed by atoms with van der Waals surface area (Å²) in [5.41, 5.74) is 3.27. The van der Waals surface area contributed by atoms with Crippen molar-refractivity contribution in [3.63, 3.8) is 0 Å². The van der Waals surface area contributed by atoms with Gasteiger partial charge in [-0.15, -0.1) is 0 Å². The van der Waals surface area contributed by atoms with Crippen molar-refractivity contribution in [2.45, 2.75) is 6.92 Å². The largest absolute Gasteiger partial charge is 0.493 e. The lowest BCUT2D eigenvalue weighted by molar-refractivity contribution is 0.0734. The van der Waals surface area contributed by atoms with Gasteiger partial charge in [0, 0.05) is 11.6 Å². The first-order valence-corrected chi connectivity index (χ1v) is 10.4. The standard InChI is InChI=1S/C24H20O7S/c1-13-5-7-14(8-6-13)17-11-16(12-20-21(17)31-24(26)32-20)30-23(25)15-9-18(27-2)22(29-4)19(10-15)28-3/h5-12H,1-4H3. The van der Waals surface area contributed by atoms with Gasteiger partial charge in [0.2, 0.25) is 5.75 Å². The molecule has 4 rings (SSSR count). The number of benzene rings is 3. The van der Waals surface area contributed by atoms with E-state index in [0.717, 1.165) is 22.5 Å². The zero-order chi connectivity index (χ0) is 22.8. The van der Waals surface area contributed by atoms with E-state index in [4.69, 9.17) is 23.4 Å². The average molecular weight is 452 g/mol. The van der Waals surface area contributed by atoms with Gasteiger partial charge in [-0.3, -0.25) is 0 Å². The van der Waals surface area contributed by atoms with Gasteiger partial charge in [0.1, 0.15) is 5.75 Å². The molecule has 8 heteroatoms. The van der Waals surface area contributed by atoms with E-state index >= 15 is 0 Å². The highest BCUT2D eigenvalue weighted by Gasteiger charge is 2.20. The second kappa shape index (κ2) is 8.76. The van der Waals surface area contributed by atoms with Gasteiger partial charge in [-0.25, -0.2) is 9.59 Å². The van der Waals surface area contributed by atoms with Crippen molar-refractivity contribution in [2.75, 3.05) is 21.3 Å². The van der Waals surface area contributed by atoms with Crippen molar-refractivity contribution in [1.82, 2.24) is 0 Å². The summed E-state index contributed by atoms with van der Waals surface area (Å²) in [6.07, 6.45) is 0. The van der Waals surface area contributed by atoms with Crippen LogP contribution >= 0.6 is 11.3 Å². The number of aryl methyl sites for hydroxylation is 1. The highest BCUT2D eigenvalue weighted by atomic mass is 32.1. The van der Waals surface area contributed by atoms with Crippen molar-refractivity contribution in [1.29, 1.82) is 0 Å². The maximum absolute atomic E-state index is 12.9. The van der Waals surface area contributed by atoms with Crippen molar-refractivity contribution in [3.05, 3.63) is 69.4 Å². The molecule has 0 spiro atoms. The first-order chi connectivity index (χ1) is 15.4. The van der Waals surface area contributed by atoms with E-state index in [1.165, 1.54) is 33.5 Å². The number of ether oxygens (including phenoxy) is 4. The quantitative estimate of drug-likeness (QED) is 0.298. The van der Waals surface area contributed by atoms with Crippen LogP contribution in [0.5, 0.6) is 23.0 Å². The molecule has 0 bridgehead atoms. The van der Waals surface area contributed by atoms with Gasteiger partial charge in [0.25, 0.3) is 0 Å². The first-order valence-electron chi connectivity index (χ1n) is 9.60. The third kappa shape index (κ3) is 4.04. The van der Waals surface area contributed by atoms with Crippen LogP contribution in [0.2, 0.25) is 0 Å². The molecule has 1 aromatic heterocycles. The highest BCUT2D eigenvalue weighted by molar-refractivity contribution is 7.16. The van der Waals surface area contributed by atoms with Crippen LogP contribution in [-0.4, -0.2) is 27.3 Å². The number of fused-ring (bicyclic) bond motifs is 1. The Bertz CT molecular complexity index is 1320. The third-order valence-corrected chi connectivity index (χ3v) is 5.65. The van der Waals surface area contributed by atoms with Gasteiger partial charge in [0.05, 0.1) is 31.6 Å². The van der Waals surface area contributed by atoms with E-state index < -0.39 is 10.9 Å². The van der Waals surface area contributed by atoms with Crippen LogP contribution in [0.3, 0.4) is 0 Å². The van der Waals surface area contributed by atoms with E-state index in [-0.39, 0.29) is 11.3 Å². The van der Waals surface area contributed by atoms with Gasteiger partial charge >= 0.3 is 10.9 Å². The van der Waals surface area contributed by atoms with Crippen LogP contribution in [0.25, 0.3) is 21.4 Å². The molecule has 0 unspecified atom stereocenters. The lowest BCUT2D eigenvalue weighted by Gasteiger charge is -2.14. The van der Waals surface area contributed by atoms with Crippen molar-refractivity contribution < 1.29 is 28.2 Å². The number of esters is 1. The molecule has 0 saturated heterocycles. The summed E-state index contributed by atoms with van der Waals surface area (Å²) >= 11 is 0.948. The number of carbonyl (C=O) groups excluding carboxylic acids is 1. The topological polar surface area (TPSA) is 84.2 Å². The lowest BCUT2D eigenvalue weighted by Crippen LogP contribution is -2.09. The van der Waals surface area contributed by atoms with Gasteiger partial charge in [-0.1, -0.05) is 41.2 Å². The number of carbonyl (C=O) groups is 1. The highest BCUT2D eigenvalue weighted by Crippen LogP contribution is 2.39. The smallest absolute Gasteiger partial charge is 0.396 e. The molecule has 0 fully saturated rings. The summed E-state index contributed by atoms with van der Waals surface area (Å²) in [5.74, 6) is 0.710. The fourth-order valence-electron chi connectivity index (χ4n) is 3.32. The van der Waals surface area contributed by atoms with Gasteiger partial charge in [0.15, 0.2) is 17.1 Å². The fraction of sp³-hybridized carbons (Fsp3) is 0.167. The Morgan fingerprint density at radius 1 is 0.906 bits per heavy atom. The Morgan fingerprint density at radius 2 is 1.56 bits per heavy atom. The molecule has 7 nitrogen and oxygen atoms in total. The summed E-state index contributed by atoms with van der Waals surface area (Å²) in [4.78, 5) is 24.4. The Hall–Kier alpha value is -3.78.